The first-order valence-electron chi connectivity index (χ1n) is 14.2. The SMILES string of the molecule is CC1CCC(Cn2c(NC(C)c3ccncn3)nc3nc(C4NOC(=O)N4)nc(N[C@H](C)C4CCC4)c32)CC1. The van der Waals surface area contributed by atoms with Crippen LogP contribution in [0, 0.1) is 17.8 Å². The van der Waals surface area contributed by atoms with E-state index in [4.69, 9.17) is 19.8 Å². The Hall–Kier alpha value is -3.54. The van der Waals surface area contributed by atoms with E-state index in [1.807, 2.05) is 6.07 Å². The summed E-state index contributed by atoms with van der Waals surface area (Å²) < 4.78 is 2.25. The molecule has 1 saturated heterocycles. The molecule has 2 saturated carbocycles. The lowest BCUT2D eigenvalue weighted by Gasteiger charge is -2.32. The van der Waals surface area contributed by atoms with E-state index in [1.54, 1.807) is 12.5 Å². The molecule has 3 aromatic rings. The number of hydrogen-bond donors (Lipinski definition) is 4. The molecule has 12 heteroatoms. The van der Waals surface area contributed by atoms with Crippen molar-refractivity contribution in [2.75, 3.05) is 10.6 Å². The maximum Gasteiger partial charge on any atom is 0.427 e. The zero-order valence-electron chi connectivity index (χ0n) is 22.9. The van der Waals surface area contributed by atoms with Gasteiger partial charge in [0.1, 0.15) is 11.8 Å². The fourth-order valence-electron chi connectivity index (χ4n) is 5.84. The number of carbonyl (C=O) groups is 1. The zero-order valence-corrected chi connectivity index (χ0v) is 22.9. The molecule has 0 bridgehead atoms. The van der Waals surface area contributed by atoms with Crippen LogP contribution in [0.4, 0.5) is 16.6 Å². The molecular weight excluding hydrogens is 496 g/mol. The second-order valence-corrected chi connectivity index (χ2v) is 11.5. The third kappa shape index (κ3) is 5.47. The Morgan fingerprint density at radius 2 is 1.92 bits per heavy atom. The zero-order chi connectivity index (χ0) is 26.9. The minimum atomic E-state index is -0.650. The van der Waals surface area contributed by atoms with E-state index in [1.165, 1.54) is 44.9 Å². The van der Waals surface area contributed by atoms with Crippen molar-refractivity contribution in [3.8, 4) is 0 Å². The summed E-state index contributed by atoms with van der Waals surface area (Å²) in [6.45, 7) is 7.46. The summed E-state index contributed by atoms with van der Waals surface area (Å²) in [5.41, 5.74) is 5.02. The molecule has 0 radical (unpaired) electrons. The van der Waals surface area contributed by atoms with Crippen molar-refractivity contribution in [1.29, 1.82) is 0 Å². The average Bonchev–Trinajstić information content (AvgIpc) is 3.48. The van der Waals surface area contributed by atoms with Gasteiger partial charge in [0.2, 0.25) is 5.95 Å². The first-order valence-corrected chi connectivity index (χ1v) is 14.2. The fraction of sp³-hybridized carbons (Fsp3) is 0.630. The van der Waals surface area contributed by atoms with E-state index in [-0.39, 0.29) is 12.1 Å². The molecule has 2 unspecified atom stereocenters. The summed E-state index contributed by atoms with van der Waals surface area (Å²) in [6, 6.07) is 2.08. The molecule has 4 heterocycles. The van der Waals surface area contributed by atoms with Gasteiger partial charge >= 0.3 is 6.09 Å². The standard InChI is InChI=1S/C27H38N10O2/c1-15-7-9-18(10-8-15)13-37-21-22(30-16(2)19-5-4-6-19)32-24(25-35-27(38)39-36-25)33-23(21)34-26(37)31-17(3)20-11-12-28-14-29-20/h11-12,14-19,25,36H,4-10,13H2,1-3H3,(H,35,38)(H2,30,31,32,33,34)/t15?,16-,17?,18?,25?/m1/s1. The number of hydroxylamine groups is 1. The van der Waals surface area contributed by atoms with Crippen LogP contribution in [0.15, 0.2) is 18.6 Å². The van der Waals surface area contributed by atoms with Gasteiger partial charge in [-0.05, 0) is 63.4 Å². The van der Waals surface area contributed by atoms with Crippen LogP contribution in [-0.4, -0.2) is 41.6 Å². The summed E-state index contributed by atoms with van der Waals surface area (Å²) in [5.74, 6) is 3.81. The Kier molecular flexibility index (Phi) is 7.20. The summed E-state index contributed by atoms with van der Waals surface area (Å²) in [6.07, 6.45) is 10.7. The molecule has 2 aliphatic carbocycles. The van der Waals surface area contributed by atoms with Crippen LogP contribution in [0.3, 0.4) is 0 Å². The number of rotatable bonds is 9. The molecule has 208 valence electrons. The minimum absolute atomic E-state index is 0.0862. The third-order valence-electron chi connectivity index (χ3n) is 8.60. The van der Waals surface area contributed by atoms with Gasteiger partial charge in [-0.3, -0.25) is 5.32 Å². The largest absolute Gasteiger partial charge is 0.427 e. The van der Waals surface area contributed by atoms with Gasteiger partial charge in [-0.1, -0.05) is 26.2 Å². The predicted molar refractivity (Wildman–Crippen MR) is 146 cm³/mol. The molecule has 1 aliphatic heterocycles. The average molecular weight is 535 g/mol. The molecule has 12 nitrogen and oxygen atoms in total. The van der Waals surface area contributed by atoms with Crippen LogP contribution in [0.2, 0.25) is 0 Å². The van der Waals surface area contributed by atoms with E-state index in [2.05, 4.69) is 56.7 Å². The molecule has 0 aromatic carbocycles. The molecule has 0 spiro atoms. The highest BCUT2D eigenvalue weighted by atomic mass is 16.7. The lowest BCUT2D eigenvalue weighted by atomic mass is 9.80. The van der Waals surface area contributed by atoms with Gasteiger partial charge in [0.15, 0.2) is 23.5 Å². The van der Waals surface area contributed by atoms with Crippen LogP contribution in [0.1, 0.15) is 89.4 Å². The van der Waals surface area contributed by atoms with Crippen LogP contribution in [0.5, 0.6) is 0 Å². The Bertz CT molecular complexity index is 1300. The highest BCUT2D eigenvalue weighted by molar-refractivity contribution is 5.86. The van der Waals surface area contributed by atoms with Gasteiger partial charge in [-0.15, -0.1) is 5.48 Å². The summed E-state index contributed by atoms with van der Waals surface area (Å²) >= 11 is 0. The highest BCUT2D eigenvalue weighted by Crippen LogP contribution is 2.36. The Morgan fingerprint density at radius 3 is 2.59 bits per heavy atom. The topological polar surface area (TPSA) is 144 Å². The highest BCUT2D eigenvalue weighted by Gasteiger charge is 2.31. The van der Waals surface area contributed by atoms with E-state index in [0.717, 1.165) is 35.4 Å². The molecule has 4 N–H and O–H groups in total. The minimum Gasteiger partial charge on any atom is -0.365 e. The van der Waals surface area contributed by atoms with Crippen molar-refractivity contribution >= 4 is 29.0 Å². The van der Waals surface area contributed by atoms with Crippen LogP contribution >= 0.6 is 0 Å². The summed E-state index contributed by atoms with van der Waals surface area (Å²) in [5, 5.41) is 10.0. The number of anilines is 2. The van der Waals surface area contributed by atoms with E-state index in [9.17, 15) is 4.79 Å². The second-order valence-electron chi connectivity index (χ2n) is 11.5. The van der Waals surface area contributed by atoms with Crippen molar-refractivity contribution in [1.82, 2.24) is 40.3 Å². The molecular formula is C27H38N10O2. The Morgan fingerprint density at radius 1 is 1.10 bits per heavy atom. The number of fused-ring (bicyclic) bond motifs is 1. The van der Waals surface area contributed by atoms with Gasteiger partial charge in [-0.2, -0.15) is 4.98 Å². The number of carbonyl (C=O) groups excluding carboxylic acids is 1. The van der Waals surface area contributed by atoms with E-state index >= 15 is 0 Å². The number of aromatic nitrogens is 6. The van der Waals surface area contributed by atoms with E-state index < -0.39 is 12.3 Å². The quantitative estimate of drug-likeness (QED) is 0.311. The van der Waals surface area contributed by atoms with Crippen LogP contribution in [0.25, 0.3) is 11.2 Å². The monoisotopic (exact) mass is 534 g/mol. The molecule has 6 rings (SSSR count). The Labute approximate surface area is 228 Å². The number of amides is 1. The van der Waals surface area contributed by atoms with Crippen LogP contribution in [-0.2, 0) is 11.4 Å². The number of nitrogens with zero attached hydrogens (tertiary/aromatic N) is 6. The van der Waals surface area contributed by atoms with Crippen LogP contribution < -0.4 is 21.4 Å². The van der Waals surface area contributed by atoms with Crippen molar-refractivity contribution in [3.63, 3.8) is 0 Å². The lowest BCUT2D eigenvalue weighted by Crippen LogP contribution is -2.32. The summed E-state index contributed by atoms with van der Waals surface area (Å²) in [4.78, 5) is 39.9. The summed E-state index contributed by atoms with van der Waals surface area (Å²) in [7, 11) is 0. The maximum absolute atomic E-state index is 11.7. The normalized spacial score (nSPS) is 25.0. The molecule has 1 amide bonds. The van der Waals surface area contributed by atoms with Gasteiger partial charge < -0.3 is 20.0 Å². The number of nitrogens with one attached hydrogen (secondary N) is 4. The molecule has 3 aromatic heterocycles. The van der Waals surface area contributed by atoms with Crippen molar-refractivity contribution < 1.29 is 9.63 Å². The van der Waals surface area contributed by atoms with Gasteiger partial charge in [0.05, 0.1) is 11.7 Å². The van der Waals surface area contributed by atoms with E-state index in [0.29, 0.717) is 23.3 Å². The predicted octanol–water partition coefficient (Wildman–Crippen LogP) is 4.46. The first kappa shape index (κ1) is 25.7. The maximum atomic E-state index is 11.7. The van der Waals surface area contributed by atoms with Crippen molar-refractivity contribution in [2.45, 2.75) is 90.5 Å². The van der Waals surface area contributed by atoms with Gasteiger partial charge in [-0.25, -0.2) is 24.7 Å². The first-order chi connectivity index (χ1) is 18.9. The molecule has 39 heavy (non-hydrogen) atoms. The third-order valence-corrected chi connectivity index (χ3v) is 8.60. The van der Waals surface area contributed by atoms with Gasteiger partial charge in [0.25, 0.3) is 0 Å². The molecule has 3 atom stereocenters. The number of hydrogen-bond acceptors (Lipinski definition) is 10. The molecule has 3 fully saturated rings. The molecule has 3 aliphatic rings. The van der Waals surface area contributed by atoms with Crippen molar-refractivity contribution in [3.05, 3.63) is 30.1 Å². The number of imidazole rings is 1. The van der Waals surface area contributed by atoms with Gasteiger partial charge in [0, 0.05) is 18.8 Å². The fourth-order valence-corrected chi connectivity index (χ4v) is 5.84. The lowest BCUT2D eigenvalue weighted by molar-refractivity contribution is 0.120. The smallest absolute Gasteiger partial charge is 0.365 e. The van der Waals surface area contributed by atoms with Crippen molar-refractivity contribution in [2.24, 2.45) is 17.8 Å². The second kappa shape index (κ2) is 10.9. The Balaban J connectivity index is 1.42.